The Kier molecular flexibility index (Phi) is 9.44. The Hall–Kier alpha value is -4.48. The quantitative estimate of drug-likeness (QED) is 0.167. The first kappa shape index (κ1) is 33.4. The van der Waals surface area contributed by atoms with Gasteiger partial charge in [0.2, 0.25) is 0 Å². The average molecular weight is 822 g/mol. The number of benzene rings is 4. The number of nitrogens with zero attached hydrogens (tertiary/aromatic N) is 3. The van der Waals surface area contributed by atoms with Crippen molar-refractivity contribution in [3.8, 4) is 33.6 Å². The zero-order valence-electron chi connectivity index (χ0n) is 27.8. The van der Waals surface area contributed by atoms with Crippen LogP contribution >= 0.6 is 11.3 Å². The van der Waals surface area contributed by atoms with E-state index in [0.717, 1.165) is 65.2 Å². The zero-order chi connectivity index (χ0) is 32.7. The van der Waals surface area contributed by atoms with E-state index in [-0.39, 0.29) is 25.5 Å². The molecule has 0 aliphatic rings. The smallest absolute Gasteiger partial charge is 0.148 e. The summed E-state index contributed by atoms with van der Waals surface area (Å²) in [4.78, 5) is 14.0. The van der Waals surface area contributed by atoms with Crippen LogP contribution in [0.5, 0.6) is 0 Å². The molecule has 0 aliphatic heterocycles. The largest absolute Gasteiger partial charge is 0.498 e. The monoisotopic (exact) mass is 822 g/mol. The number of rotatable bonds is 3. The summed E-state index contributed by atoms with van der Waals surface area (Å²) < 4.78 is 7.54. The van der Waals surface area contributed by atoms with E-state index in [9.17, 15) is 0 Å². The van der Waals surface area contributed by atoms with Crippen LogP contribution in [-0.2, 0) is 25.5 Å². The Bertz CT molecular complexity index is 2350. The molecule has 0 unspecified atom stereocenters. The van der Waals surface area contributed by atoms with Gasteiger partial charge in [-0.05, 0) is 53.6 Å². The molecule has 6 heteroatoms. The van der Waals surface area contributed by atoms with Gasteiger partial charge in [-0.25, -0.2) is 4.98 Å². The van der Waals surface area contributed by atoms with Gasteiger partial charge in [-0.3, -0.25) is 0 Å². The first-order chi connectivity index (χ1) is 22.7. The summed E-state index contributed by atoms with van der Waals surface area (Å²) in [6.07, 6.45) is 3.81. The van der Waals surface area contributed by atoms with Crippen LogP contribution in [0.3, 0.4) is 0 Å². The summed E-state index contributed by atoms with van der Waals surface area (Å²) in [5, 5.41) is 3.29. The second kappa shape index (κ2) is 13.6. The minimum Gasteiger partial charge on any atom is -0.498 e. The van der Waals surface area contributed by atoms with Crippen molar-refractivity contribution < 1.29 is 24.5 Å². The third-order valence-electron chi connectivity index (χ3n) is 8.20. The number of hydrogen-bond acceptors (Lipinski definition) is 5. The first-order valence-corrected chi connectivity index (χ1v) is 16.6. The molecule has 4 heterocycles. The van der Waals surface area contributed by atoms with Crippen molar-refractivity contribution >= 4 is 43.5 Å². The van der Waals surface area contributed by atoms with Crippen molar-refractivity contribution in [3.63, 3.8) is 0 Å². The summed E-state index contributed by atoms with van der Waals surface area (Å²) in [5.41, 5.74) is 12.4. The maximum absolute atomic E-state index is 6.38. The maximum atomic E-state index is 6.38. The normalized spacial score (nSPS) is 11.4. The van der Waals surface area contributed by atoms with Crippen LogP contribution in [0.4, 0.5) is 0 Å². The molecule has 48 heavy (non-hydrogen) atoms. The van der Waals surface area contributed by atoms with Crippen molar-refractivity contribution in [2.75, 3.05) is 0 Å². The Morgan fingerprint density at radius 2 is 1.48 bits per heavy atom. The third-order valence-corrected chi connectivity index (χ3v) is 9.65. The molecule has 4 aromatic carbocycles. The number of hydrogen-bond donors (Lipinski definition) is 0. The van der Waals surface area contributed by atoms with Crippen molar-refractivity contribution in [2.45, 2.75) is 47.0 Å². The van der Waals surface area contributed by atoms with Crippen LogP contribution in [0, 0.1) is 32.9 Å². The van der Waals surface area contributed by atoms with Crippen LogP contribution in [0.25, 0.3) is 65.8 Å². The second-order valence-corrected chi connectivity index (χ2v) is 14.0. The fourth-order valence-electron chi connectivity index (χ4n) is 5.58. The van der Waals surface area contributed by atoms with Gasteiger partial charge in [0.15, 0.2) is 0 Å². The van der Waals surface area contributed by atoms with E-state index in [4.69, 9.17) is 9.40 Å². The summed E-state index contributed by atoms with van der Waals surface area (Å²) in [7, 11) is 0. The molecule has 0 aliphatic carbocycles. The standard InChI is InChI=1S/C23H19N2OS.C19H16N.Ir/c1-13-8-10-17(24-12-13)16-7-5-6-14-15-9-11-18-19(21(15)26-20(14)16)25-22(27-18)23(2,3)4;1-14-8-10-17(11-9-14)19-12-18(15(2)13-20-19)16-6-4-3-5-7-16;/h5-6,8-12H,1-4H3;3-10,12-13H,1-2H3;/q2*-1;. The van der Waals surface area contributed by atoms with Crippen molar-refractivity contribution in [1.82, 2.24) is 15.0 Å². The second-order valence-electron chi connectivity index (χ2n) is 13.0. The van der Waals surface area contributed by atoms with Crippen LogP contribution in [0.2, 0.25) is 0 Å². The van der Waals surface area contributed by atoms with Gasteiger partial charge in [-0.15, -0.1) is 64.9 Å². The topological polar surface area (TPSA) is 51.8 Å². The van der Waals surface area contributed by atoms with E-state index in [1.54, 1.807) is 11.3 Å². The van der Waals surface area contributed by atoms with Crippen molar-refractivity contribution in [2.24, 2.45) is 0 Å². The molecule has 0 amide bonds. The average Bonchev–Trinajstić information content (AvgIpc) is 3.69. The molecule has 0 bridgehead atoms. The van der Waals surface area contributed by atoms with Gasteiger partial charge in [0.1, 0.15) is 11.1 Å². The van der Waals surface area contributed by atoms with E-state index in [1.807, 2.05) is 43.6 Å². The molecule has 0 atom stereocenters. The summed E-state index contributed by atoms with van der Waals surface area (Å²) in [6, 6.07) is 37.7. The number of fused-ring (bicyclic) bond motifs is 5. The molecule has 0 N–H and O–H groups in total. The van der Waals surface area contributed by atoms with Crippen molar-refractivity contribution in [1.29, 1.82) is 0 Å². The molecule has 0 saturated heterocycles. The predicted molar refractivity (Wildman–Crippen MR) is 196 cm³/mol. The van der Waals surface area contributed by atoms with Crippen LogP contribution < -0.4 is 0 Å². The maximum Gasteiger partial charge on any atom is 0.148 e. The molecular weight excluding hydrogens is 787 g/mol. The van der Waals surface area contributed by atoms with E-state index in [0.29, 0.717) is 0 Å². The summed E-state index contributed by atoms with van der Waals surface area (Å²) in [5.74, 6) is 0. The van der Waals surface area contributed by atoms with Crippen molar-refractivity contribution in [3.05, 3.63) is 137 Å². The Labute approximate surface area is 299 Å². The van der Waals surface area contributed by atoms with Gasteiger partial charge in [-0.2, -0.15) is 0 Å². The molecular formula is C42H35IrN3OS-2. The minimum absolute atomic E-state index is 0. The van der Waals surface area contributed by atoms with Crippen LogP contribution in [0.15, 0.2) is 108 Å². The van der Waals surface area contributed by atoms with Crippen LogP contribution in [0.1, 0.15) is 42.5 Å². The molecule has 0 spiro atoms. The van der Waals surface area contributed by atoms with Crippen LogP contribution in [-0.4, -0.2) is 15.0 Å². The van der Waals surface area contributed by atoms with Gasteiger partial charge in [0.05, 0.1) is 15.3 Å². The van der Waals surface area contributed by atoms with Gasteiger partial charge in [0.25, 0.3) is 0 Å². The van der Waals surface area contributed by atoms with E-state index >= 15 is 0 Å². The first-order valence-electron chi connectivity index (χ1n) is 15.8. The summed E-state index contributed by atoms with van der Waals surface area (Å²) in [6.45, 7) is 12.8. The molecule has 4 aromatic heterocycles. The number of pyridine rings is 2. The number of aryl methyl sites for hydroxylation is 3. The van der Waals surface area contributed by atoms with E-state index in [1.165, 1.54) is 22.3 Å². The SMILES string of the molecule is Cc1c[c-]c(-c2cc(-c3ccccc3)c(C)cn2)cc1.Cc1ccc(-c2[c-]ccc3c2oc2c3ccc3sc(C(C)(C)C)nc32)nc1.[Ir]. The van der Waals surface area contributed by atoms with Gasteiger partial charge in [-0.1, -0.05) is 93.2 Å². The van der Waals surface area contributed by atoms with Gasteiger partial charge < -0.3 is 14.4 Å². The number of thiazole rings is 1. The Morgan fingerprint density at radius 1 is 0.729 bits per heavy atom. The van der Waals surface area contributed by atoms with Gasteiger partial charge in [0, 0.05) is 43.3 Å². The molecule has 241 valence electrons. The molecule has 0 saturated carbocycles. The fourth-order valence-corrected chi connectivity index (χ4v) is 6.60. The Morgan fingerprint density at radius 3 is 2.19 bits per heavy atom. The molecule has 1 radical (unpaired) electrons. The zero-order valence-corrected chi connectivity index (χ0v) is 31.0. The minimum atomic E-state index is 0. The predicted octanol–water partition coefficient (Wildman–Crippen LogP) is 11.5. The molecule has 4 nitrogen and oxygen atoms in total. The van der Waals surface area contributed by atoms with Gasteiger partial charge >= 0.3 is 0 Å². The Balaban J connectivity index is 0.000000171. The van der Waals surface area contributed by atoms with E-state index < -0.39 is 0 Å². The molecule has 8 aromatic rings. The summed E-state index contributed by atoms with van der Waals surface area (Å²) >= 11 is 1.74. The fraction of sp³-hybridized carbons (Fsp3) is 0.167. The third kappa shape index (κ3) is 6.61. The molecule has 8 rings (SSSR count). The van der Waals surface area contributed by atoms with E-state index in [2.05, 4.69) is 123 Å². The number of furan rings is 1. The number of aromatic nitrogens is 3. The molecule has 0 fully saturated rings.